The van der Waals surface area contributed by atoms with Crippen LogP contribution in [-0.4, -0.2) is 23.1 Å². The number of benzene rings is 1. The van der Waals surface area contributed by atoms with Crippen molar-refractivity contribution >= 4 is 5.91 Å². The number of aromatic nitrogens is 1. The zero-order chi connectivity index (χ0) is 17.0. The van der Waals surface area contributed by atoms with Gasteiger partial charge in [-0.3, -0.25) is 9.59 Å². The number of hydrogen-bond acceptors (Lipinski definition) is 3. The summed E-state index contributed by atoms with van der Waals surface area (Å²) in [6.45, 7) is 3.92. The number of nitrogens with zero attached hydrogens (tertiary/aromatic N) is 1. The smallest absolute Gasteiger partial charge is 0.253 e. The van der Waals surface area contributed by atoms with Crippen LogP contribution in [0.15, 0.2) is 47.4 Å². The number of pyridine rings is 1. The molecule has 2 rings (SSSR count). The summed E-state index contributed by atoms with van der Waals surface area (Å²) in [6.07, 6.45) is 2.17. The lowest BCUT2D eigenvalue weighted by Gasteiger charge is -2.27. The summed E-state index contributed by atoms with van der Waals surface area (Å²) in [4.78, 5) is 23.8. The standard InChI is InChI=1S/C18H22N2O3/c1-18(2,11-13-7-5-6-8-15(13)23-4)19-17(22)14-9-10-16(21)20(3)12-14/h5-10,12H,11H2,1-4H3,(H,19,22). The maximum atomic E-state index is 12.4. The fourth-order valence-electron chi connectivity index (χ4n) is 2.48. The van der Waals surface area contributed by atoms with Crippen LogP contribution in [0, 0.1) is 0 Å². The fourth-order valence-corrected chi connectivity index (χ4v) is 2.48. The Kier molecular flexibility index (Phi) is 4.89. The summed E-state index contributed by atoms with van der Waals surface area (Å²) in [5, 5.41) is 3.01. The summed E-state index contributed by atoms with van der Waals surface area (Å²) in [5.41, 5.74) is 0.885. The molecule has 0 aliphatic rings. The number of methoxy groups -OCH3 is 1. The first-order valence-electron chi connectivity index (χ1n) is 7.43. The van der Waals surface area contributed by atoms with E-state index in [1.807, 2.05) is 38.1 Å². The van der Waals surface area contributed by atoms with Gasteiger partial charge in [-0.25, -0.2) is 0 Å². The van der Waals surface area contributed by atoms with Crippen molar-refractivity contribution < 1.29 is 9.53 Å². The molecule has 0 atom stereocenters. The summed E-state index contributed by atoms with van der Waals surface area (Å²) >= 11 is 0. The molecule has 23 heavy (non-hydrogen) atoms. The van der Waals surface area contributed by atoms with Crippen molar-refractivity contribution in [3.05, 3.63) is 64.1 Å². The lowest BCUT2D eigenvalue weighted by Crippen LogP contribution is -2.45. The molecule has 1 aromatic carbocycles. The van der Waals surface area contributed by atoms with Crippen molar-refractivity contribution in [1.82, 2.24) is 9.88 Å². The molecule has 0 fully saturated rings. The van der Waals surface area contributed by atoms with Gasteiger partial charge in [-0.15, -0.1) is 0 Å². The van der Waals surface area contributed by atoms with Crippen LogP contribution in [-0.2, 0) is 13.5 Å². The van der Waals surface area contributed by atoms with Crippen molar-refractivity contribution in [1.29, 1.82) is 0 Å². The maximum Gasteiger partial charge on any atom is 0.253 e. The van der Waals surface area contributed by atoms with Crippen LogP contribution in [0.2, 0.25) is 0 Å². The Morgan fingerprint density at radius 2 is 1.91 bits per heavy atom. The van der Waals surface area contributed by atoms with E-state index in [9.17, 15) is 9.59 Å². The molecule has 0 aliphatic heterocycles. The highest BCUT2D eigenvalue weighted by Crippen LogP contribution is 2.22. The fraction of sp³-hybridized carbons (Fsp3) is 0.333. The lowest BCUT2D eigenvalue weighted by atomic mass is 9.94. The predicted molar refractivity (Wildman–Crippen MR) is 89.9 cm³/mol. The normalized spacial score (nSPS) is 11.1. The van der Waals surface area contributed by atoms with Gasteiger partial charge in [0.25, 0.3) is 5.91 Å². The van der Waals surface area contributed by atoms with Crippen LogP contribution >= 0.6 is 0 Å². The molecule has 0 aliphatic carbocycles. The van der Waals surface area contributed by atoms with Gasteiger partial charge in [0.15, 0.2) is 0 Å². The Balaban J connectivity index is 2.15. The van der Waals surface area contributed by atoms with E-state index in [0.29, 0.717) is 12.0 Å². The number of hydrogen-bond donors (Lipinski definition) is 1. The largest absolute Gasteiger partial charge is 0.496 e. The van der Waals surface area contributed by atoms with E-state index in [2.05, 4.69) is 5.32 Å². The SMILES string of the molecule is COc1ccccc1CC(C)(C)NC(=O)c1ccc(=O)n(C)c1. The molecule has 0 spiro atoms. The van der Waals surface area contributed by atoms with Gasteiger partial charge in [-0.1, -0.05) is 18.2 Å². The second-order valence-electron chi connectivity index (χ2n) is 6.19. The minimum absolute atomic E-state index is 0.144. The molecule has 1 heterocycles. The molecule has 1 amide bonds. The Morgan fingerprint density at radius 1 is 1.22 bits per heavy atom. The van der Waals surface area contributed by atoms with Crippen LogP contribution in [0.3, 0.4) is 0 Å². The molecule has 2 aromatic rings. The number of para-hydroxylation sites is 1. The number of amides is 1. The topological polar surface area (TPSA) is 60.3 Å². The second-order valence-corrected chi connectivity index (χ2v) is 6.19. The van der Waals surface area contributed by atoms with Gasteiger partial charge in [-0.05, 0) is 38.0 Å². The Labute approximate surface area is 135 Å². The average molecular weight is 314 g/mol. The highest BCUT2D eigenvalue weighted by molar-refractivity contribution is 5.94. The third-order valence-electron chi connectivity index (χ3n) is 3.62. The Bertz CT molecular complexity index is 763. The van der Waals surface area contributed by atoms with E-state index in [0.717, 1.165) is 11.3 Å². The minimum atomic E-state index is -0.458. The van der Waals surface area contributed by atoms with E-state index in [-0.39, 0.29) is 11.5 Å². The monoisotopic (exact) mass is 314 g/mol. The molecule has 0 saturated heterocycles. The quantitative estimate of drug-likeness (QED) is 0.920. The molecular weight excluding hydrogens is 292 g/mol. The number of ether oxygens (including phenoxy) is 1. The van der Waals surface area contributed by atoms with Crippen LogP contribution < -0.4 is 15.6 Å². The van der Waals surface area contributed by atoms with Crippen LogP contribution in [0.4, 0.5) is 0 Å². The van der Waals surface area contributed by atoms with Gasteiger partial charge in [-0.2, -0.15) is 0 Å². The highest BCUT2D eigenvalue weighted by Gasteiger charge is 2.23. The van der Waals surface area contributed by atoms with E-state index in [4.69, 9.17) is 4.74 Å². The molecule has 122 valence electrons. The molecule has 1 N–H and O–H groups in total. The van der Waals surface area contributed by atoms with Crippen LogP contribution in [0.5, 0.6) is 5.75 Å². The third-order valence-corrected chi connectivity index (χ3v) is 3.62. The molecule has 1 aromatic heterocycles. The maximum absolute atomic E-state index is 12.4. The first-order chi connectivity index (χ1) is 10.8. The number of nitrogens with one attached hydrogen (secondary N) is 1. The number of carbonyl (C=O) groups excluding carboxylic acids is 1. The molecular formula is C18H22N2O3. The van der Waals surface area contributed by atoms with Gasteiger partial charge in [0, 0.05) is 24.8 Å². The van der Waals surface area contributed by atoms with Gasteiger partial charge in [0.1, 0.15) is 5.75 Å². The second kappa shape index (κ2) is 6.69. The van der Waals surface area contributed by atoms with Gasteiger partial charge < -0.3 is 14.6 Å². The van der Waals surface area contributed by atoms with Crippen molar-refractivity contribution in [2.45, 2.75) is 25.8 Å². The van der Waals surface area contributed by atoms with Crippen LogP contribution in [0.1, 0.15) is 29.8 Å². The number of rotatable bonds is 5. The summed E-state index contributed by atoms with van der Waals surface area (Å²) in [5.74, 6) is 0.595. The minimum Gasteiger partial charge on any atom is -0.496 e. The number of aryl methyl sites for hydroxylation is 1. The van der Waals surface area contributed by atoms with E-state index < -0.39 is 5.54 Å². The zero-order valence-electron chi connectivity index (χ0n) is 13.9. The molecule has 0 radical (unpaired) electrons. The molecule has 0 saturated carbocycles. The van der Waals surface area contributed by atoms with E-state index in [1.165, 1.54) is 22.9 Å². The van der Waals surface area contributed by atoms with Crippen molar-refractivity contribution in [2.24, 2.45) is 7.05 Å². The van der Waals surface area contributed by atoms with Crippen molar-refractivity contribution in [3.8, 4) is 5.75 Å². The van der Waals surface area contributed by atoms with E-state index in [1.54, 1.807) is 14.2 Å². The third kappa shape index (κ3) is 4.22. The zero-order valence-corrected chi connectivity index (χ0v) is 13.9. The molecule has 0 unspecified atom stereocenters. The predicted octanol–water partition coefficient (Wildman–Crippen LogP) is 2.15. The summed E-state index contributed by atoms with van der Waals surface area (Å²) in [7, 11) is 3.26. The molecule has 5 heteroatoms. The number of carbonyl (C=O) groups is 1. The van der Waals surface area contributed by atoms with E-state index >= 15 is 0 Å². The summed E-state index contributed by atoms with van der Waals surface area (Å²) < 4.78 is 6.75. The van der Waals surface area contributed by atoms with Crippen molar-refractivity contribution in [2.75, 3.05) is 7.11 Å². The average Bonchev–Trinajstić information content (AvgIpc) is 2.49. The lowest BCUT2D eigenvalue weighted by molar-refractivity contribution is 0.0912. The van der Waals surface area contributed by atoms with Crippen LogP contribution in [0.25, 0.3) is 0 Å². The Hall–Kier alpha value is -2.56. The summed E-state index contributed by atoms with van der Waals surface area (Å²) in [6, 6.07) is 10.7. The van der Waals surface area contributed by atoms with Crippen molar-refractivity contribution in [3.63, 3.8) is 0 Å². The van der Waals surface area contributed by atoms with Gasteiger partial charge in [0.2, 0.25) is 5.56 Å². The van der Waals surface area contributed by atoms with Gasteiger partial charge >= 0.3 is 0 Å². The van der Waals surface area contributed by atoms with Gasteiger partial charge in [0.05, 0.1) is 12.7 Å². The molecule has 5 nitrogen and oxygen atoms in total. The Morgan fingerprint density at radius 3 is 2.57 bits per heavy atom. The molecule has 0 bridgehead atoms. The highest BCUT2D eigenvalue weighted by atomic mass is 16.5. The first kappa shape index (κ1) is 16.8. The first-order valence-corrected chi connectivity index (χ1v) is 7.43.